The Morgan fingerprint density at radius 1 is 0.614 bits per heavy atom. The number of rotatable bonds is 8. The highest BCUT2D eigenvalue weighted by Crippen LogP contribution is 2.57. The average molecular weight is 600 g/mol. The number of hydrogen-bond acceptors (Lipinski definition) is 2. The van der Waals surface area contributed by atoms with Crippen LogP contribution in [0.25, 0.3) is 32.7 Å². The lowest BCUT2D eigenvalue weighted by molar-refractivity contribution is 0.485. The van der Waals surface area contributed by atoms with Gasteiger partial charge in [0.05, 0.1) is 0 Å². The largest absolute Gasteiger partial charge is 0.457 e. The summed E-state index contributed by atoms with van der Waals surface area (Å²) in [4.78, 5) is 0. The summed E-state index contributed by atoms with van der Waals surface area (Å²) >= 11 is 0. The van der Waals surface area contributed by atoms with Gasteiger partial charge in [-0.15, -0.1) is 0 Å². The highest BCUT2D eigenvalue weighted by atomic mass is 31.1. The molecule has 2 saturated carbocycles. The fraction of sp³-hybridized carbons (Fsp3) is 0.366. The molecule has 2 aliphatic rings. The molecule has 0 aromatic heterocycles. The molecule has 5 aromatic rings. The zero-order valence-corrected chi connectivity index (χ0v) is 27.3. The van der Waals surface area contributed by atoms with Crippen LogP contribution in [0.15, 0.2) is 97.1 Å². The molecule has 0 radical (unpaired) electrons. The third kappa shape index (κ3) is 6.12. The summed E-state index contributed by atoms with van der Waals surface area (Å²) in [5.41, 5.74) is 5.41. The van der Waals surface area contributed by atoms with E-state index >= 15 is 0 Å². The second-order valence-electron chi connectivity index (χ2n) is 13.3. The molecule has 0 amide bonds. The van der Waals surface area contributed by atoms with Crippen LogP contribution in [0.3, 0.4) is 0 Å². The molecule has 0 saturated heterocycles. The van der Waals surface area contributed by atoms with E-state index in [0.29, 0.717) is 6.04 Å². The van der Waals surface area contributed by atoms with E-state index in [1.54, 1.807) is 5.30 Å². The monoisotopic (exact) mass is 599 g/mol. The lowest BCUT2D eigenvalue weighted by Gasteiger charge is -2.40. The van der Waals surface area contributed by atoms with E-state index < -0.39 is 0 Å². The SMILES string of the molecule is CC(C)Nc1cccc(Oc2ccc3ccccc3c2-c2c(P(C3CCCCC3)C3CCCCC3)ccc3ccccc23)c1. The Kier molecular flexibility index (Phi) is 8.90. The van der Waals surface area contributed by atoms with E-state index in [1.807, 2.05) is 0 Å². The molecule has 1 N–H and O–H groups in total. The molecule has 5 aromatic carbocycles. The van der Waals surface area contributed by atoms with Crippen LogP contribution in [0.1, 0.15) is 78.1 Å². The first-order chi connectivity index (χ1) is 21.7. The molecule has 0 bridgehead atoms. The molecule has 3 heteroatoms. The minimum Gasteiger partial charge on any atom is -0.457 e. The van der Waals surface area contributed by atoms with Gasteiger partial charge in [0, 0.05) is 28.9 Å². The maximum absolute atomic E-state index is 6.94. The number of anilines is 1. The predicted molar refractivity (Wildman–Crippen MR) is 192 cm³/mol. The van der Waals surface area contributed by atoms with Gasteiger partial charge < -0.3 is 10.1 Å². The van der Waals surface area contributed by atoms with Crippen LogP contribution in [-0.4, -0.2) is 17.4 Å². The molecule has 2 fully saturated rings. The van der Waals surface area contributed by atoms with E-state index in [2.05, 4.69) is 116 Å². The van der Waals surface area contributed by atoms with Crippen molar-refractivity contribution in [1.29, 1.82) is 0 Å². The molecule has 0 aliphatic heterocycles. The minimum absolute atomic E-state index is 0.317. The van der Waals surface area contributed by atoms with Crippen molar-refractivity contribution < 1.29 is 4.74 Å². The van der Waals surface area contributed by atoms with Crippen LogP contribution in [-0.2, 0) is 0 Å². The second kappa shape index (κ2) is 13.3. The van der Waals surface area contributed by atoms with Gasteiger partial charge in [-0.1, -0.05) is 119 Å². The normalized spacial score (nSPS) is 16.6. The Bertz CT molecular complexity index is 1710. The van der Waals surface area contributed by atoms with Crippen LogP contribution in [0, 0.1) is 0 Å². The quantitative estimate of drug-likeness (QED) is 0.179. The van der Waals surface area contributed by atoms with Crippen LogP contribution in [0.2, 0.25) is 0 Å². The number of ether oxygens (including phenoxy) is 1. The molecular weight excluding hydrogens is 553 g/mol. The lowest BCUT2D eigenvalue weighted by atomic mass is 9.93. The summed E-state index contributed by atoms with van der Waals surface area (Å²) in [5, 5.41) is 10.4. The van der Waals surface area contributed by atoms with E-state index in [4.69, 9.17) is 4.74 Å². The Labute approximate surface area is 265 Å². The number of benzene rings is 5. The predicted octanol–water partition coefficient (Wildman–Crippen LogP) is 12.0. The molecule has 226 valence electrons. The van der Waals surface area contributed by atoms with Gasteiger partial charge in [0.15, 0.2) is 0 Å². The zero-order chi connectivity index (χ0) is 29.9. The fourth-order valence-corrected chi connectivity index (χ4v) is 11.8. The first kappa shape index (κ1) is 29.4. The topological polar surface area (TPSA) is 21.3 Å². The third-order valence-corrected chi connectivity index (χ3v) is 13.3. The molecule has 7 rings (SSSR count). The Balaban J connectivity index is 1.47. The van der Waals surface area contributed by atoms with Crippen LogP contribution >= 0.6 is 7.92 Å². The Morgan fingerprint density at radius 2 is 1.20 bits per heavy atom. The van der Waals surface area contributed by atoms with Gasteiger partial charge in [-0.2, -0.15) is 0 Å². The highest BCUT2D eigenvalue weighted by molar-refractivity contribution is 7.67. The van der Waals surface area contributed by atoms with Crippen molar-refractivity contribution in [3.05, 3.63) is 97.1 Å². The van der Waals surface area contributed by atoms with Gasteiger partial charge in [-0.05, 0) is 95.9 Å². The van der Waals surface area contributed by atoms with Gasteiger partial charge in [-0.3, -0.25) is 0 Å². The van der Waals surface area contributed by atoms with Crippen molar-refractivity contribution in [1.82, 2.24) is 0 Å². The van der Waals surface area contributed by atoms with Gasteiger partial charge in [0.2, 0.25) is 0 Å². The first-order valence-electron chi connectivity index (χ1n) is 17.0. The number of fused-ring (bicyclic) bond motifs is 2. The lowest BCUT2D eigenvalue weighted by Crippen LogP contribution is -2.27. The smallest absolute Gasteiger partial charge is 0.135 e. The molecule has 0 unspecified atom stereocenters. The molecule has 2 aliphatic carbocycles. The Hall–Kier alpha value is -3.35. The van der Waals surface area contributed by atoms with E-state index in [-0.39, 0.29) is 7.92 Å². The van der Waals surface area contributed by atoms with Crippen molar-refractivity contribution in [3.8, 4) is 22.6 Å². The zero-order valence-electron chi connectivity index (χ0n) is 26.4. The molecule has 2 nitrogen and oxygen atoms in total. The van der Waals surface area contributed by atoms with Crippen LogP contribution in [0.4, 0.5) is 5.69 Å². The third-order valence-electron chi connectivity index (χ3n) is 9.78. The molecule has 0 heterocycles. The second-order valence-corrected chi connectivity index (χ2v) is 16.0. The van der Waals surface area contributed by atoms with Crippen LogP contribution in [0.5, 0.6) is 11.5 Å². The highest BCUT2D eigenvalue weighted by Gasteiger charge is 2.35. The van der Waals surface area contributed by atoms with Gasteiger partial charge >= 0.3 is 0 Å². The maximum Gasteiger partial charge on any atom is 0.135 e. The number of nitrogens with one attached hydrogen (secondary N) is 1. The summed E-state index contributed by atoms with van der Waals surface area (Å²) < 4.78 is 6.94. The van der Waals surface area contributed by atoms with Gasteiger partial charge in [0.25, 0.3) is 0 Å². The van der Waals surface area contributed by atoms with Gasteiger partial charge in [-0.25, -0.2) is 0 Å². The van der Waals surface area contributed by atoms with Crippen molar-refractivity contribution >= 4 is 40.5 Å². The van der Waals surface area contributed by atoms with Crippen molar-refractivity contribution in [2.75, 3.05) is 5.32 Å². The van der Waals surface area contributed by atoms with Crippen molar-refractivity contribution in [2.45, 2.75) is 95.4 Å². The first-order valence-corrected chi connectivity index (χ1v) is 18.5. The number of hydrogen-bond donors (Lipinski definition) is 1. The summed E-state index contributed by atoms with van der Waals surface area (Å²) in [6, 6.07) is 36.2. The fourth-order valence-electron chi connectivity index (χ4n) is 7.85. The van der Waals surface area contributed by atoms with E-state index in [1.165, 1.54) is 96.9 Å². The summed E-state index contributed by atoms with van der Waals surface area (Å²) in [6.07, 6.45) is 13.9. The maximum atomic E-state index is 6.94. The molecule has 44 heavy (non-hydrogen) atoms. The van der Waals surface area contributed by atoms with Gasteiger partial charge in [0.1, 0.15) is 11.5 Å². The molecule has 0 spiro atoms. The molecular formula is C41H46NOP. The minimum atomic E-state index is -0.317. The summed E-state index contributed by atoms with van der Waals surface area (Å²) in [6.45, 7) is 4.35. The van der Waals surface area contributed by atoms with E-state index in [9.17, 15) is 0 Å². The van der Waals surface area contributed by atoms with Crippen LogP contribution < -0.4 is 15.4 Å². The molecule has 0 atom stereocenters. The van der Waals surface area contributed by atoms with E-state index in [0.717, 1.165) is 28.5 Å². The van der Waals surface area contributed by atoms with Crippen molar-refractivity contribution in [2.24, 2.45) is 0 Å². The average Bonchev–Trinajstić information content (AvgIpc) is 3.06. The Morgan fingerprint density at radius 3 is 1.84 bits per heavy atom. The van der Waals surface area contributed by atoms with Crippen molar-refractivity contribution in [3.63, 3.8) is 0 Å². The standard InChI is InChI=1S/C41H46NOP/c1-29(2)42-32-16-13-17-33(28-32)43-38-26-24-30-14-9-11-22-36(30)40(38)41-37-23-12-10-15-31(37)25-27-39(41)44(34-18-5-3-6-19-34)35-20-7-4-8-21-35/h9-17,22-29,34-35,42H,3-8,18-21H2,1-2H3. The summed E-state index contributed by atoms with van der Waals surface area (Å²) in [5.74, 6) is 1.82. The summed E-state index contributed by atoms with van der Waals surface area (Å²) in [7, 11) is -0.317.